The van der Waals surface area contributed by atoms with Crippen LogP contribution in [0.5, 0.6) is 0 Å². The lowest BCUT2D eigenvalue weighted by molar-refractivity contribution is -0.236. The molecule has 0 spiro atoms. The number of hydrogen-bond acceptors (Lipinski definition) is 3. The lowest BCUT2D eigenvalue weighted by Gasteiger charge is -2.76. The predicted octanol–water partition coefficient (Wildman–Crippen LogP) is 5.18. The van der Waals surface area contributed by atoms with E-state index in [1.807, 2.05) is 19.4 Å². The molecule has 1 aliphatic heterocycles. The maximum atomic E-state index is 6.39. The highest BCUT2D eigenvalue weighted by Gasteiger charge is 2.72. The Balaban J connectivity index is 1.26. The molecule has 4 bridgehead atoms. The van der Waals surface area contributed by atoms with Crippen LogP contribution < -0.4 is 0 Å². The zero-order chi connectivity index (χ0) is 19.7. The Morgan fingerprint density at radius 3 is 2.31 bits per heavy atom. The first kappa shape index (κ1) is 18.4. The van der Waals surface area contributed by atoms with Crippen LogP contribution in [0.3, 0.4) is 0 Å². The fourth-order valence-electron chi connectivity index (χ4n) is 7.56. The average Bonchev–Trinajstić information content (AvgIpc) is 2.66. The first-order valence-electron chi connectivity index (χ1n) is 11.1. The van der Waals surface area contributed by atoms with Gasteiger partial charge in [0, 0.05) is 49.2 Å². The van der Waals surface area contributed by atoms with Gasteiger partial charge in [-0.2, -0.15) is 0 Å². The van der Waals surface area contributed by atoms with Crippen LogP contribution in [0.15, 0.2) is 48.7 Å². The van der Waals surface area contributed by atoms with E-state index in [4.69, 9.17) is 16.3 Å². The highest BCUT2D eigenvalue weighted by atomic mass is 35.5. The molecule has 5 fully saturated rings. The van der Waals surface area contributed by atoms with Crippen molar-refractivity contribution in [2.24, 2.45) is 11.8 Å². The van der Waals surface area contributed by atoms with Crippen LogP contribution in [0.1, 0.15) is 49.7 Å². The average molecular weight is 409 g/mol. The zero-order valence-electron chi connectivity index (χ0n) is 17.1. The van der Waals surface area contributed by atoms with Crippen molar-refractivity contribution in [3.05, 3.63) is 64.9 Å². The van der Waals surface area contributed by atoms with Gasteiger partial charge in [-0.05, 0) is 55.4 Å². The van der Waals surface area contributed by atoms with Gasteiger partial charge >= 0.3 is 0 Å². The van der Waals surface area contributed by atoms with Gasteiger partial charge in [-0.1, -0.05) is 48.4 Å². The molecule has 4 heteroatoms. The number of hydrogen-bond donors (Lipinski definition) is 0. The summed E-state index contributed by atoms with van der Waals surface area (Å²) in [4.78, 5) is 7.07. The van der Waals surface area contributed by atoms with Gasteiger partial charge < -0.3 is 4.74 Å². The van der Waals surface area contributed by atoms with Crippen molar-refractivity contribution in [1.29, 1.82) is 0 Å². The molecular weight excluding hydrogens is 380 g/mol. The second-order valence-electron chi connectivity index (χ2n) is 10.00. The molecular formula is C25H29ClN2O. The third-order valence-electron chi connectivity index (χ3n) is 8.77. The Labute approximate surface area is 178 Å². The quantitative estimate of drug-likeness (QED) is 0.651. The fourth-order valence-corrected chi connectivity index (χ4v) is 7.73. The second kappa shape index (κ2) is 6.29. The highest BCUT2D eigenvalue weighted by Crippen LogP contribution is 2.71. The normalized spacial score (nSPS) is 40.8. The minimum atomic E-state index is -0.206. The number of rotatable bonds is 4. The molecule has 5 aliphatic rings. The smallest absolute Gasteiger partial charge is 0.129 e. The van der Waals surface area contributed by atoms with Crippen LogP contribution in [0, 0.1) is 11.8 Å². The van der Waals surface area contributed by atoms with E-state index in [1.54, 1.807) is 5.56 Å². The summed E-state index contributed by atoms with van der Waals surface area (Å²) in [6, 6.07) is 15.3. The van der Waals surface area contributed by atoms with E-state index in [-0.39, 0.29) is 5.60 Å². The van der Waals surface area contributed by atoms with Gasteiger partial charge in [0.25, 0.3) is 0 Å². The number of nitrogens with zero attached hydrogens (tertiary/aromatic N) is 2. The highest BCUT2D eigenvalue weighted by molar-refractivity contribution is 6.29. The molecule has 29 heavy (non-hydrogen) atoms. The molecule has 0 radical (unpaired) electrons. The molecule has 2 heterocycles. The maximum absolute atomic E-state index is 6.39. The molecule has 152 valence electrons. The third kappa shape index (κ3) is 2.41. The predicted molar refractivity (Wildman–Crippen MR) is 115 cm³/mol. The Hall–Kier alpha value is -1.42. The van der Waals surface area contributed by atoms with Crippen LogP contribution in [0.4, 0.5) is 0 Å². The molecule has 0 amide bonds. The minimum Gasteiger partial charge on any atom is -0.373 e. The Kier molecular flexibility index (Phi) is 3.98. The first-order valence-corrected chi connectivity index (χ1v) is 11.5. The van der Waals surface area contributed by atoms with E-state index in [2.05, 4.69) is 46.3 Å². The third-order valence-corrected chi connectivity index (χ3v) is 8.98. The van der Waals surface area contributed by atoms with E-state index in [9.17, 15) is 0 Å². The topological polar surface area (TPSA) is 25.4 Å². The summed E-state index contributed by atoms with van der Waals surface area (Å²) in [6.45, 7) is 2.30. The van der Waals surface area contributed by atoms with Gasteiger partial charge in [0.05, 0.1) is 0 Å². The van der Waals surface area contributed by atoms with E-state index in [1.165, 1.54) is 44.1 Å². The largest absolute Gasteiger partial charge is 0.373 e. The molecule has 1 aromatic heterocycles. The van der Waals surface area contributed by atoms with Crippen molar-refractivity contribution in [3.8, 4) is 0 Å². The van der Waals surface area contributed by atoms with E-state index in [0.29, 0.717) is 27.9 Å². The zero-order valence-corrected chi connectivity index (χ0v) is 17.9. The number of likely N-dealkylation sites (tertiary alicyclic amines) is 1. The Morgan fingerprint density at radius 2 is 1.69 bits per heavy atom. The maximum Gasteiger partial charge on any atom is 0.129 e. The number of benzene rings is 1. The van der Waals surface area contributed by atoms with Crippen LogP contribution >= 0.6 is 11.6 Å². The standard InChI is InChI=1S/C25H29ClN2O/c1-29-25(19-10-11-27-22(26)12-19)20-8-5-9-21(25)14-28(13-20)24-15-23(16-24,17-24)18-6-3-2-4-7-18/h2-4,6-7,10-12,20-21H,5,8-9,13-17H2,1H3. The summed E-state index contributed by atoms with van der Waals surface area (Å²) in [7, 11) is 1.90. The fraction of sp³-hybridized carbons (Fsp3) is 0.560. The van der Waals surface area contributed by atoms with E-state index >= 15 is 0 Å². The molecule has 2 unspecified atom stereocenters. The number of ether oxygens (including phenoxy) is 1. The van der Waals surface area contributed by atoms with E-state index in [0.717, 1.165) is 13.1 Å². The van der Waals surface area contributed by atoms with Gasteiger partial charge in [0.1, 0.15) is 10.8 Å². The summed E-state index contributed by atoms with van der Waals surface area (Å²) in [5.74, 6) is 1.06. The minimum absolute atomic E-state index is 0.206. The number of aromatic nitrogens is 1. The van der Waals surface area contributed by atoms with Crippen molar-refractivity contribution in [2.45, 2.75) is 55.1 Å². The molecule has 1 aromatic carbocycles. The summed E-state index contributed by atoms with van der Waals surface area (Å²) >= 11 is 6.28. The lowest BCUT2D eigenvalue weighted by Crippen LogP contribution is -2.79. The number of piperidine rings is 1. The summed E-state index contributed by atoms with van der Waals surface area (Å²) in [5, 5.41) is 0.573. The molecule has 3 nitrogen and oxygen atoms in total. The van der Waals surface area contributed by atoms with Crippen LogP contribution in [0.25, 0.3) is 0 Å². The summed E-state index contributed by atoms with van der Waals surface area (Å²) < 4.78 is 6.39. The van der Waals surface area contributed by atoms with Crippen molar-refractivity contribution in [1.82, 2.24) is 9.88 Å². The monoisotopic (exact) mass is 408 g/mol. The molecule has 4 saturated carbocycles. The summed E-state index contributed by atoms with van der Waals surface area (Å²) in [6.07, 6.45) is 9.64. The van der Waals surface area contributed by atoms with Crippen molar-refractivity contribution in [2.75, 3.05) is 20.2 Å². The SMILES string of the molecule is COC1(c2ccnc(Cl)c2)C2CCCC1CN(C13CC(c4ccccc4)(C1)C3)C2. The van der Waals surface area contributed by atoms with Gasteiger partial charge in [0.2, 0.25) is 0 Å². The second-order valence-corrected chi connectivity index (χ2v) is 10.4. The van der Waals surface area contributed by atoms with Crippen molar-refractivity contribution >= 4 is 11.6 Å². The van der Waals surface area contributed by atoms with Crippen LogP contribution in [-0.2, 0) is 15.8 Å². The number of halogens is 1. The molecule has 2 atom stereocenters. The van der Waals surface area contributed by atoms with Gasteiger partial charge in [0.15, 0.2) is 0 Å². The first-order chi connectivity index (χ1) is 14.1. The molecule has 4 aliphatic carbocycles. The van der Waals surface area contributed by atoms with Crippen molar-refractivity contribution in [3.63, 3.8) is 0 Å². The Morgan fingerprint density at radius 1 is 1.00 bits per heavy atom. The summed E-state index contributed by atoms with van der Waals surface area (Å²) in [5.41, 5.74) is 3.48. The number of methoxy groups -OCH3 is 1. The van der Waals surface area contributed by atoms with Crippen molar-refractivity contribution < 1.29 is 4.74 Å². The lowest BCUT2D eigenvalue weighted by atomic mass is 9.36. The van der Waals surface area contributed by atoms with E-state index < -0.39 is 0 Å². The van der Waals surface area contributed by atoms with Gasteiger partial charge in [-0.3, -0.25) is 4.90 Å². The van der Waals surface area contributed by atoms with Crippen LogP contribution in [-0.4, -0.2) is 35.6 Å². The van der Waals surface area contributed by atoms with Gasteiger partial charge in [-0.25, -0.2) is 4.98 Å². The number of fused-ring (bicyclic) bond motifs is 2. The molecule has 1 saturated heterocycles. The molecule has 2 aromatic rings. The Bertz CT molecular complexity index is 896. The van der Waals surface area contributed by atoms with Crippen LogP contribution in [0.2, 0.25) is 5.15 Å². The molecule has 7 rings (SSSR count). The van der Waals surface area contributed by atoms with Gasteiger partial charge in [-0.15, -0.1) is 0 Å². The molecule has 0 N–H and O–H groups in total. The number of pyridine rings is 1.